The molecule has 0 aromatic carbocycles. The van der Waals surface area contributed by atoms with Crippen LogP contribution in [-0.2, 0) is 0 Å². The molecule has 0 radical (unpaired) electrons. The van der Waals surface area contributed by atoms with Crippen LogP contribution in [0.2, 0.25) is 0 Å². The molecule has 1 heterocycles. The monoisotopic (exact) mass is 141 g/mol. The summed E-state index contributed by atoms with van der Waals surface area (Å²) in [5.74, 6) is 0.627. The number of nitrogens with one attached hydrogen (secondary N) is 1. The number of nitrogens with zero attached hydrogens (tertiary/aromatic N) is 2. The Morgan fingerprint density at radius 1 is 1.40 bits per heavy atom. The van der Waals surface area contributed by atoms with Gasteiger partial charge in [-0.05, 0) is 19.8 Å². The Labute approximate surface area is 62.1 Å². The topological polar surface area (TPSA) is 30.3 Å². The first-order valence-electron chi connectivity index (χ1n) is 3.75. The summed E-state index contributed by atoms with van der Waals surface area (Å²) in [6.07, 6.45) is 2.55. The third-order valence-corrected chi connectivity index (χ3v) is 1.99. The lowest BCUT2D eigenvalue weighted by Gasteiger charge is -2.28. The molecule has 0 saturated carbocycles. The van der Waals surface area contributed by atoms with Gasteiger partial charge in [0.1, 0.15) is 5.84 Å². The highest BCUT2D eigenvalue weighted by Crippen LogP contribution is 2.08. The van der Waals surface area contributed by atoms with E-state index in [-0.39, 0.29) is 0 Å². The molecule has 1 saturated heterocycles. The number of hydrazine groups is 1. The number of hydrogen-bond donors (Lipinski definition) is 1. The van der Waals surface area contributed by atoms with E-state index in [0.29, 0.717) is 5.84 Å². The summed E-state index contributed by atoms with van der Waals surface area (Å²) in [6.45, 7) is 4.05. The summed E-state index contributed by atoms with van der Waals surface area (Å²) >= 11 is 0. The zero-order chi connectivity index (χ0) is 7.56. The van der Waals surface area contributed by atoms with E-state index in [1.807, 2.05) is 19.0 Å². The van der Waals surface area contributed by atoms with Crippen molar-refractivity contribution in [1.29, 1.82) is 5.41 Å². The first-order valence-corrected chi connectivity index (χ1v) is 3.75. The third kappa shape index (κ3) is 1.48. The molecule has 58 valence electrons. The van der Waals surface area contributed by atoms with Crippen LogP contribution >= 0.6 is 0 Å². The third-order valence-electron chi connectivity index (χ3n) is 1.99. The quantitative estimate of drug-likeness (QED) is 0.435. The molecule has 0 unspecified atom stereocenters. The minimum absolute atomic E-state index is 0.627. The van der Waals surface area contributed by atoms with Crippen molar-refractivity contribution in [3.8, 4) is 0 Å². The maximum Gasteiger partial charge on any atom is 0.107 e. The van der Waals surface area contributed by atoms with E-state index in [9.17, 15) is 0 Å². The molecule has 0 aliphatic carbocycles. The SMILES string of the molecule is CC(=N)N(C)N1CCCC1. The predicted molar refractivity (Wildman–Crippen MR) is 42.0 cm³/mol. The highest BCUT2D eigenvalue weighted by Gasteiger charge is 2.15. The Kier molecular flexibility index (Phi) is 2.27. The lowest BCUT2D eigenvalue weighted by atomic mass is 10.4. The van der Waals surface area contributed by atoms with E-state index in [4.69, 9.17) is 5.41 Å². The van der Waals surface area contributed by atoms with Crippen LogP contribution in [0.3, 0.4) is 0 Å². The highest BCUT2D eigenvalue weighted by atomic mass is 15.6. The maximum absolute atomic E-state index is 7.35. The van der Waals surface area contributed by atoms with Crippen LogP contribution in [0.1, 0.15) is 19.8 Å². The molecule has 1 aliphatic heterocycles. The van der Waals surface area contributed by atoms with Gasteiger partial charge in [-0.15, -0.1) is 0 Å². The van der Waals surface area contributed by atoms with Crippen molar-refractivity contribution < 1.29 is 0 Å². The van der Waals surface area contributed by atoms with Gasteiger partial charge in [0.25, 0.3) is 0 Å². The molecule has 1 rings (SSSR count). The van der Waals surface area contributed by atoms with E-state index in [2.05, 4.69) is 5.01 Å². The molecule has 10 heavy (non-hydrogen) atoms. The standard InChI is InChI=1S/C7H15N3/c1-7(8)9(2)10-5-3-4-6-10/h8H,3-6H2,1-2H3. The molecule has 1 aliphatic rings. The molecular weight excluding hydrogens is 126 g/mol. The Morgan fingerprint density at radius 3 is 2.30 bits per heavy atom. The van der Waals surface area contributed by atoms with Gasteiger partial charge in [-0.2, -0.15) is 0 Å². The van der Waals surface area contributed by atoms with Crippen LogP contribution in [0.4, 0.5) is 0 Å². The molecule has 0 atom stereocenters. The zero-order valence-corrected chi connectivity index (χ0v) is 6.72. The molecule has 0 spiro atoms. The first kappa shape index (κ1) is 7.54. The molecule has 0 amide bonds. The molecule has 1 fully saturated rings. The fraction of sp³-hybridized carbons (Fsp3) is 0.857. The average molecular weight is 141 g/mol. The molecule has 1 N–H and O–H groups in total. The molecule has 0 aromatic heterocycles. The van der Waals surface area contributed by atoms with E-state index in [0.717, 1.165) is 13.1 Å². The van der Waals surface area contributed by atoms with Gasteiger partial charge in [-0.3, -0.25) is 10.4 Å². The van der Waals surface area contributed by atoms with Gasteiger partial charge in [0.15, 0.2) is 0 Å². The summed E-state index contributed by atoms with van der Waals surface area (Å²) in [4.78, 5) is 0. The van der Waals surface area contributed by atoms with Crippen molar-refractivity contribution in [2.45, 2.75) is 19.8 Å². The van der Waals surface area contributed by atoms with Crippen LogP contribution < -0.4 is 0 Å². The normalized spacial score (nSPS) is 19.4. The van der Waals surface area contributed by atoms with Crippen molar-refractivity contribution >= 4 is 5.84 Å². The van der Waals surface area contributed by atoms with Crippen molar-refractivity contribution in [2.24, 2.45) is 0 Å². The van der Waals surface area contributed by atoms with Gasteiger partial charge in [-0.25, -0.2) is 5.01 Å². The van der Waals surface area contributed by atoms with Crippen LogP contribution in [0.5, 0.6) is 0 Å². The summed E-state index contributed by atoms with van der Waals surface area (Å²) in [5, 5.41) is 11.5. The summed E-state index contributed by atoms with van der Waals surface area (Å²) in [5.41, 5.74) is 0. The van der Waals surface area contributed by atoms with Crippen molar-refractivity contribution in [3.63, 3.8) is 0 Å². The van der Waals surface area contributed by atoms with E-state index < -0.39 is 0 Å². The smallest absolute Gasteiger partial charge is 0.107 e. The lowest BCUT2D eigenvalue weighted by Crippen LogP contribution is -2.40. The number of rotatable bonds is 1. The van der Waals surface area contributed by atoms with E-state index in [1.54, 1.807) is 0 Å². The van der Waals surface area contributed by atoms with Crippen molar-refractivity contribution in [1.82, 2.24) is 10.0 Å². The lowest BCUT2D eigenvalue weighted by molar-refractivity contribution is 0.101. The Hall–Kier alpha value is -0.570. The van der Waals surface area contributed by atoms with Crippen LogP contribution in [0.25, 0.3) is 0 Å². The van der Waals surface area contributed by atoms with Crippen LogP contribution in [0, 0.1) is 5.41 Å². The van der Waals surface area contributed by atoms with Gasteiger partial charge in [-0.1, -0.05) is 0 Å². The Morgan fingerprint density at radius 2 is 1.90 bits per heavy atom. The minimum atomic E-state index is 0.627. The summed E-state index contributed by atoms with van der Waals surface area (Å²) in [6, 6.07) is 0. The second-order valence-electron chi connectivity index (χ2n) is 2.77. The average Bonchev–Trinajstić information content (AvgIpc) is 2.36. The molecule has 0 bridgehead atoms. The van der Waals surface area contributed by atoms with Gasteiger partial charge in [0.2, 0.25) is 0 Å². The predicted octanol–water partition coefficient (Wildman–Crippen LogP) is 0.926. The van der Waals surface area contributed by atoms with Gasteiger partial charge in [0.05, 0.1) is 0 Å². The maximum atomic E-state index is 7.35. The second-order valence-corrected chi connectivity index (χ2v) is 2.77. The van der Waals surface area contributed by atoms with Gasteiger partial charge < -0.3 is 0 Å². The number of amidine groups is 1. The van der Waals surface area contributed by atoms with Crippen LogP contribution in [0.15, 0.2) is 0 Å². The van der Waals surface area contributed by atoms with Crippen LogP contribution in [-0.4, -0.2) is 36.0 Å². The fourth-order valence-corrected chi connectivity index (χ4v) is 1.21. The van der Waals surface area contributed by atoms with E-state index >= 15 is 0 Å². The highest BCUT2D eigenvalue weighted by molar-refractivity contribution is 5.75. The summed E-state index contributed by atoms with van der Waals surface area (Å²) in [7, 11) is 1.95. The van der Waals surface area contributed by atoms with Gasteiger partial charge >= 0.3 is 0 Å². The second kappa shape index (κ2) is 3.01. The van der Waals surface area contributed by atoms with Crippen molar-refractivity contribution in [2.75, 3.05) is 20.1 Å². The Bertz CT molecular complexity index is 127. The minimum Gasteiger partial charge on any atom is -0.297 e. The van der Waals surface area contributed by atoms with Gasteiger partial charge in [0, 0.05) is 20.1 Å². The Balaban J connectivity index is 2.39. The largest absolute Gasteiger partial charge is 0.297 e. The van der Waals surface area contributed by atoms with E-state index in [1.165, 1.54) is 12.8 Å². The zero-order valence-electron chi connectivity index (χ0n) is 6.72. The fourth-order valence-electron chi connectivity index (χ4n) is 1.21. The number of hydrogen-bond acceptors (Lipinski definition) is 2. The first-order chi connectivity index (χ1) is 4.72. The molecule has 3 heteroatoms. The molecular formula is C7H15N3. The molecule has 0 aromatic rings. The summed E-state index contributed by atoms with van der Waals surface area (Å²) < 4.78 is 0. The van der Waals surface area contributed by atoms with Crippen molar-refractivity contribution in [3.05, 3.63) is 0 Å². The molecule has 3 nitrogen and oxygen atoms in total.